The van der Waals surface area contributed by atoms with Gasteiger partial charge in [-0.3, -0.25) is 19.3 Å². The molecule has 4 fully saturated rings. The standard InChI is InChI=1S/C35H48N2O4/c1-20-10-13-35(19-37-26(39)8-9-27(37)40)15-14-34(7)29(28(35)21(20)2)23(38)16-25-32(5)17-22-18-36-41-30(22)31(3,4)24(32)11-12-33(25,34)6/h16,18,20-21,24,28-29H,8-15,17,19H2,1-7H3/t20-,21+,24+,28+,29-,32+,33-,34-,35-/m1/s1. The van der Waals surface area contributed by atoms with E-state index in [1.54, 1.807) is 4.90 Å². The van der Waals surface area contributed by atoms with Crippen molar-refractivity contribution in [1.29, 1.82) is 0 Å². The second-order valence-electron chi connectivity index (χ2n) is 16.4. The number of nitrogens with zero attached hydrogens (tertiary/aromatic N) is 2. The van der Waals surface area contributed by atoms with Gasteiger partial charge in [0, 0.05) is 36.3 Å². The molecule has 1 aromatic rings. The molecular weight excluding hydrogens is 512 g/mol. The maximum atomic E-state index is 14.8. The van der Waals surface area contributed by atoms with Crippen LogP contribution in [0.2, 0.25) is 0 Å². The number of ketones is 1. The van der Waals surface area contributed by atoms with Gasteiger partial charge in [0.25, 0.3) is 0 Å². The predicted octanol–water partition coefficient (Wildman–Crippen LogP) is 6.67. The van der Waals surface area contributed by atoms with Gasteiger partial charge in [-0.15, -0.1) is 0 Å². The van der Waals surface area contributed by atoms with E-state index in [0.29, 0.717) is 42.9 Å². The van der Waals surface area contributed by atoms with Crippen molar-refractivity contribution in [2.75, 3.05) is 6.54 Å². The highest BCUT2D eigenvalue weighted by Crippen LogP contribution is 2.74. The first-order valence-electron chi connectivity index (χ1n) is 16.2. The van der Waals surface area contributed by atoms with E-state index in [-0.39, 0.29) is 50.7 Å². The van der Waals surface area contributed by atoms with Crippen molar-refractivity contribution in [1.82, 2.24) is 10.1 Å². The lowest BCUT2D eigenvalue weighted by Gasteiger charge is -2.70. The lowest BCUT2D eigenvalue weighted by atomic mass is 9.33. The molecule has 0 spiro atoms. The zero-order valence-corrected chi connectivity index (χ0v) is 26.1. The van der Waals surface area contributed by atoms with Crippen molar-refractivity contribution in [3.8, 4) is 0 Å². The van der Waals surface area contributed by atoms with E-state index in [4.69, 9.17) is 4.52 Å². The third-order valence-corrected chi connectivity index (χ3v) is 14.5. The van der Waals surface area contributed by atoms with Crippen LogP contribution in [0.5, 0.6) is 0 Å². The minimum Gasteiger partial charge on any atom is -0.361 e. The van der Waals surface area contributed by atoms with Crippen molar-refractivity contribution in [2.24, 2.45) is 51.2 Å². The van der Waals surface area contributed by atoms with Crippen LogP contribution in [0.3, 0.4) is 0 Å². The average molecular weight is 561 g/mol. The maximum Gasteiger partial charge on any atom is 0.229 e. The largest absolute Gasteiger partial charge is 0.361 e. The Morgan fingerprint density at radius 1 is 0.951 bits per heavy atom. The van der Waals surface area contributed by atoms with E-state index in [2.05, 4.69) is 59.7 Å². The highest BCUT2D eigenvalue weighted by Gasteiger charge is 2.70. The molecule has 0 bridgehead atoms. The summed E-state index contributed by atoms with van der Waals surface area (Å²) in [6.07, 6.45) is 11.8. The summed E-state index contributed by atoms with van der Waals surface area (Å²) in [4.78, 5) is 42.0. The molecule has 1 aromatic heterocycles. The van der Waals surface area contributed by atoms with Gasteiger partial charge in [0.05, 0.1) is 6.20 Å². The molecule has 41 heavy (non-hydrogen) atoms. The van der Waals surface area contributed by atoms with Crippen LogP contribution in [0.25, 0.3) is 0 Å². The third-order valence-electron chi connectivity index (χ3n) is 14.5. The Morgan fingerprint density at radius 2 is 1.66 bits per heavy atom. The first-order valence-corrected chi connectivity index (χ1v) is 16.2. The number of amides is 2. The summed E-state index contributed by atoms with van der Waals surface area (Å²) >= 11 is 0. The molecule has 0 radical (unpaired) electrons. The van der Waals surface area contributed by atoms with Crippen molar-refractivity contribution in [2.45, 2.75) is 112 Å². The van der Waals surface area contributed by atoms with E-state index in [0.717, 1.165) is 50.7 Å². The Bertz CT molecular complexity index is 1360. The van der Waals surface area contributed by atoms with Crippen LogP contribution in [0.15, 0.2) is 22.4 Å². The molecule has 2 amide bonds. The predicted molar refractivity (Wildman–Crippen MR) is 156 cm³/mol. The van der Waals surface area contributed by atoms with Gasteiger partial charge in [-0.25, -0.2) is 0 Å². The Balaban J connectivity index is 1.35. The first-order chi connectivity index (χ1) is 19.2. The van der Waals surface area contributed by atoms with Crippen LogP contribution < -0.4 is 0 Å². The summed E-state index contributed by atoms with van der Waals surface area (Å²) in [5.74, 6) is 2.63. The van der Waals surface area contributed by atoms with Gasteiger partial charge in [0.1, 0.15) is 5.76 Å². The Kier molecular flexibility index (Phi) is 5.68. The lowest BCUT2D eigenvalue weighted by Crippen LogP contribution is -2.67. The molecular formula is C35H48N2O4. The molecule has 3 saturated carbocycles. The number of likely N-dealkylation sites (tertiary alicyclic amines) is 1. The average Bonchev–Trinajstić information content (AvgIpc) is 3.50. The highest BCUT2D eigenvalue weighted by atomic mass is 16.5. The van der Waals surface area contributed by atoms with Gasteiger partial charge < -0.3 is 4.52 Å². The van der Waals surface area contributed by atoms with Gasteiger partial charge in [-0.05, 0) is 96.4 Å². The molecule has 2 heterocycles. The van der Waals surface area contributed by atoms with E-state index in [1.165, 1.54) is 11.1 Å². The molecule has 0 N–H and O–H groups in total. The number of aromatic nitrogens is 1. The number of hydrogen-bond acceptors (Lipinski definition) is 5. The Hall–Kier alpha value is -2.24. The molecule has 9 atom stereocenters. The SMILES string of the molecule is C[C@@H]1[C@H]2[C@H]3C(=O)C=C4[C@@]5(C)Cc6cnoc6C(C)(C)[C@@H]5CC[C@@]4(C)[C@]3(C)CC[C@@]2(CN2C(=O)CCC2=O)CC[C@H]1C. The summed E-state index contributed by atoms with van der Waals surface area (Å²) in [6.45, 7) is 17.1. The van der Waals surface area contributed by atoms with Crippen LogP contribution in [-0.2, 0) is 26.2 Å². The normalized spacial score (nSPS) is 46.7. The molecule has 7 rings (SSSR count). The lowest BCUT2D eigenvalue weighted by molar-refractivity contribution is -0.182. The molecule has 6 aliphatic rings. The second-order valence-corrected chi connectivity index (χ2v) is 16.4. The fourth-order valence-electron chi connectivity index (χ4n) is 12.1. The number of carbonyl (C=O) groups excluding carboxylic acids is 3. The molecule has 1 aliphatic heterocycles. The fourth-order valence-corrected chi connectivity index (χ4v) is 12.1. The summed E-state index contributed by atoms with van der Waals surface area (Å²) in [7, 11) is 0. The number of imide groups is 1. The van der Waals surface area contributed by atoms with Gasteiger partial charge in [0.2, 0.25) is 11.8 Å². The quantitative estimate of drug-likeness (QED) is 0.377. The zero-order chi connectivity index (χ0) is 29.3. The number of allylic oxidation sites excluding steroid dienone is 2. The van der Waals surface area contributed by atoms with E-state index >= 15 is 0 Å². The number of carbonyl (C=O) groups is 3. The maximum absolute atomic E-state index is 14.8. The van der Waals surface area contributed by atoms with Gasteiger partial charge in [0.15, 0.2) is 5.78 Å². The molecule has 222 valence electrons. The Labute approximate surface area is 245 Å². The molecule has 5 aliphatic carbocycles. The molecule has 6 heteroatoms. The molecule has 6 nitrogen and oxygen atoms in total. The fraction of sp³-hybridized carbons (Fsp3) is 0.771. The number of rotatable bonds is 2. The topological polar surface area (TPSA) is 80.5 Å². The van der Waals surface area contributed by atoms with Crippen molar-refractivity contribution in [3.05, 3.63) is 29.2 Å². The minimum atomic E-state index is -0.172. The summed E-state index contributed by atoms with van der Waals surface area (Å²) in [6, 6.07) is 0. The second kappa shape index (κ2) is 8.44. The van der Waals surface area contributed by atoms with Crippen LogP contribution >= 0.6 is 0 Å². The molecule has 0 aromatic carbocycles. The van der Waals surface area contributed by atoms with Gasteiger partial charge in [-0.2, -0.15) is 0 Å². The molecule has 1 saturated heterocycles. The summed E-state index contributed by atoms with van der Waals surface area (Å²) in [5.41, 5.74) is 1.84. The van der Waals surface area contributed by atoms with Crippen LogP contribution in [0.1, 0.15) is 111 Å². The zero-order valence-electron chi connectivity index (χ0n) is 26.1. The van der Waals surface area contributed by atoms with Gasteiger partial charge in [-0.1, -0.05) is 59.2 Å². The van der Waals surface area contributed by atoms with Crippen LogP contribution in [0.4, 0.5) is 0 Å². The number of hydrogen-bond donors (Lipinski definition) is 0. The highest BCUT2D eigenvalue weighted by molar-refractivity contribution is 6.02. The summed E-state index contributed by atoms with van der Waals surface area (Å²) < 4.78 is 5.83. The van der Waals surface area contributed by atoms with Crippen LogP contribution in [-0.4, -0.2) is 34.2 Å². The molecule has 0 unspecified atom stereocenters. The summed E-state index contributed by atoms with van der Waals surface area (Å²) in [5, 5.41) is 4.21. The monoisotopic (exact) mass is 560 g/mol. The van der Waals surface area contributed by atoms with E-state index in [9.17, 15) is 14.4 Å². The van der Waals surface area contributed by atoms with E-state index in [1.807, 2.05) is 6.20 Å². The van der Waals surface area contributed by atoms with Crippen molar-refractivity contribution in [3.63, 3.8) is 0 Å². The van der Waals surface area contributed by atoms with Gasteiger partial charge >= 0.3 is 0 Å². The smallest absolute Gasteiger partial charge is 0.229 e. The van der Waals surface area contributed by atoms with E-state index < -0.39 is 0 Å². The number of fused-ring (bicyclic) bond motifs is 8. The first kappa shape index (κ1) is 27.6. The van der Waals surface area contributed by atoms with Crippen molar-refractivity contribution < 1.29 is 18.9 Å². The Morgan fingerprint density at radius 3 is 2.37 bits per heavy atom. The minimum absolute atomic E-state index is 0.0221. The third kappa shape index (κ3) is 3.31. The van der Waals surface area contributed by atoms with Crippen LogP contribution in [0, 0.1) is 51.2 Å². The van der Waals surface area contributed by atoms with Crippen molar-refractivity contribution >= 4 is 17.6 Å².